The summed E-state index contributed by atoms with van der Waals surface area (Å²) in [6.45, 7) is 2.31. The number of rotatable bonds is 3. The first-order valence-corrected chi connectivity index (χ1v) is 9.10. The lowest BCUT2D eigenvalue weighted by Crippen LogP contribution is -2.35. The molecule has 0 saturated carbocycles. The fraction of sp³-hybridized carbons (Fsp3) is 0.238. The molecule has 1 N–H and O–H groups in total. The van der Waals surface area contributed by atoms with Crippen LogP contribution in [0, 0.1) is 0 Å². The van der Waals surface area contributed by atoms with E-state index in [2.05, 4.69) is 56.9 Å². The van der Waals surface area contributed by atoms with Gasteiger partial charge in [0.05, 0.1) is 17.5 Å². The van der Waals surface area contributed by atoms with Gasteiger partial charge in [-0.25, -0.2) is 4.98 Å². The Kier molecular flexibility index (Phi) is 3.72. The molecule has 3 aromatic heterocycles. The molecule has 0 fully saturated rings. The molecule has 0 unspecified atom stereocenters. The molecule has 4 aromatic rings. The average Bonchev–Trinajstić information content (AvgIpc) is 3.32. The molecule has 0 aliphatic carbocycles. The molecular formula is C21H20N4O2. The molecule has 27 heavy (non-hydrogen) atoms. The van der Waals surface area contributed by atoms with Crippen molar-refractivity contribution in [3.05, 3.63) is 76.0 Å². The van der Waals surface area contributed by atoms with Crippen LogP contribution in [0.25, 0.3) is 22.5 Å². The largest absolute Gasteiger partial charge is 0.461 e. The van der Waals surface area contributed by atoms with E-state index in [4.69, 9.17) is 4.42 Å². The summed E-state index contributed by atoms with van der Waals surface area (Å²) >= 11 is 0. The van der Waals surface area contributed by atoms with Gasteiger partial charge in [0, 0.05) is 50.2 Å². The summed E-state index contributed by atoms with van der Waals surface area (Å²) in [6, 6.07) is 12.0. The lowest BCUT2D eigenvalue weighted by Gasteiger charge is -2.27. The number of aromatic amines is 1. The fourth-order valence-corrected chi connectivity index (χ4v) is 3.94. The van der Waals surface area contributed by atoms with Crippen LogP contribution in [-0.4, -0.2) is 26.0 Å². The molecule has 0 amide bonds. The van der Waals surface area contributed by atoms with Crippen molar-refractivity contribution in [2.24, 2.45) is 7.05 Å². The number of fused-ring (bicyclic) bond motifs is 2. The van der Waals surface area contributed by atoms with Crippen molar-refractivity contribution in [1.82, 2.24) is 19.4 Å². The van der Waals surface area contributed by atoms with Gasteiger partial charge >= 0.3 is 0 Å². The van der Waals surface area contributed by atoms with Gasteiger partial charge in [-0.3, -0.25) is 9.69 Å². The van der Waals surface area contributed by atoms with Gasteiger partial charge in [-0.1, -0.05) is 18.2 Å². The maximum absolute atomic E-state index is 12.6. The highest BCUT2D eigenvalue weighted by Gasteiger charge is 2.23. The van der Waals surface area contributed by atoms with Gasteiger partial charge in [0.25, 0.3) is 5.56 Å². The normalized spacial score (nSPS) is 14.6. The predicted molar refractivity (Wildman–Crippen MR) is 103 cm³/mol. The molecule has 4 heterocycles. The summed E-state index contributed by atoms with van der Waals surface area (Å²) in [6.07, 6.45) is 4.53. The Morgan fingerprint density at radius 1 is 1.22 bits per heavy atom. The number of para-hydroxylation sites is 1. The number of hydrogen-bond donors (Lipinski definition) is 1. The number of nitrogens with zero attached hydrogens (tertiary/aromatic N) is 3. The van der Waals surface area contributed by atoms with Crippen LogP contribution in [0.5, 0.6) is 0 Å². The van der Waals surface area contributed by atoms with Crippen molar-refractivity contribution in [1.29, 1.82) is 0 Å². The minimum atomic E-state index is -0.0750. The van der Waals surface area contributed by atoms with Gasteiger partial charge in [0.2, 0.25) is 0 Å². The summed E-state index contributed by atoms with van der Waals surface area (Å²) in [5.74, 6) is 1.10. The van der Waals surface area contributed by atoms with E-state index in [1.165, 1.54) is 16.5 Å². The van der Waals surface area contributed by atoms with Crippen LogP contribution in [0.4, 0.5) is 0 Å². The van der Waals surface area contributed by atoms with Crippen LogP contribution in [0.2, 0.25) is 0 Å². The molecule has 5 rings (SSSR count). The van der Waals surface area contributed by atoms with Crippen LogP contribution in [-0.2, 0) is 26.6 Å². The second-order valence-electron chi connectivity index (χ2n) is 7.06. The highest BCUT2D eigenvalue weighted by Crippen LogP contribution is 2.24. The van der Waals surface area contributed by atoms with E-state index in [-0.39, 0.29) is 5.56 Å². The maximum atomic E-state index is 12.6. The number of aryl methyl sites for hydroxylation is 1. The summed E-state index contributed by atoms with van der Waals surface area (Å²) in [4.78, 5) is 22.4. The molecule has 0 bridgehead atoms. The van der Waals surface area contributed by atoms with Crippen molar-refractivity contribution in [3.63, 3.8) is 0 Å². The molecule has 1 aliphatic rings. The van der Waals surface area contributed by atoms with Crippen LogP contribution in [0.15, 0.2) is 58.1 Å². The monoisotopic (exact) mass is 360 g/mol. The number of hydrogen-bond acceptors (Lipinski definition) is 4. The number of benzene rings is 1. The summed E-state index contributed by atoms with van der Waals surface area (Å²) in [7, 11) is 2.07. The minimum absolute atomic E-state index is 0.0750. The molecule has 6 heteroatoms. The summed E-state index contributed by atoms with van der Waals surface area (Å²) < 4.78 is 7.52. The van der Waals surface area contributed by atoms with E-state index in [0.29, 0.717) is 18.1 Å². The summed E-state index contributed by atoms with van der Waals surface area (Å²) in [5, 5.41) is 1.27. The third-order valence-corrected chi connectivity index (χ3v) is 5.28. The van der Waals surface area contributed by atoms with E-state index in [1.807, 2.05) is 0 Å². The molecule has 136 valence electrons. The first-order chi connectivity index (χ1) is 13.2. The molecule has 0 saturated heterocycles. The zero-order valence-electron chi connectivity index (χ0n) is 15.1. The Morgan fingerprint density at radius 3 is 2.96 bits per heavy atom. The Balaban J connectivity index is 1.43. The second-order valence-corrected chi connectivity index (χ2v) is 7.06. The Morgan fingerprint density at radius 2 is 2.11 bits per heavy atom. The zero-order valence-corrected chi connectivity index (χ0v) is 15.1. The van der Waals surface area contributed by atoms with Gasteiger partial charge < -0.3 is 14.0 Å². The standard InChI is InChI=1S/C21H20N4O2/c1-24-11-14(15-5-2-3-6-18(15)24)12-25-9-8-17-16(13-25)21(26)23-20(22-17)19-7-4-10-27-19/h2-7,10-11H,8-9,12-13H2,1H3,(H,22,23,26). The maximum Gasteiger partial charge on any atom is 0.256 e. The Hall–Kier alpha value is -3.12. The Labute approximate surface area is 156 Å². The molecule has 0 spiro atoms. The van der Waals surface area contributed by atoms with Crippen LogP contribution in [0.3, 0.4) is 0 Å². The lowest BCUT2D eigenvalue weighted by atomic mass is 10.1. The van der Waals surface area contributed by atoms with Crippen molar-refractivity contribution >= 4 is 10.9 Å². The molecule has 0 radical (unpaired) electrons. The number of H-pyrrole nitrogens is 1. The Bertz CT molecular complexity index is 1170. The van der Waals surface area contributed by atoms with Gasteiger partial charge in [0.1, 0.15) is 0 Å². The zero-order chi connectivity index (χ0) is 18.4. The van der Waals surface area contributed by atoms with E-state index < -0.39 is 0 Å². The minimum Gasteiger partial charge on any atom is -0.461 e. The highest BCUT2D eigenvalue weighted by atomic mass is 16.3. The SMILES string of the molecule is Cn1cc(CN2CCc3nc(-c4ccco4)[nH]c(=O)c3C2)c2ccccc21. The molecule has 6 nitrogen and oxygen atoms in total. The van der Waals surface area contributed by atoms with Crippen molar-refractivity contribution < 1.29 is 4.42 Å². The van der Waals surface area contributed by atoms with Gasteiger partial charge in [-0.15, -0.1) is 0 Å². The van der Waals surface area contributed by atoms with E-state index in [0.717, 1.165) is 30.8 Å². The van der Waals surface area contributed by atoms with E-state index in [9.17, 15) is 4.79 Å². The lowest BCUT2D eigenvalue weighted by molar-refractivity contribution is 0.242. The number of nitrogens with one attached hydrogen (secondary N) is 1. The number of aromatic nitrogens is 3. The topological polar surface area (TPSA) is 67.1 Å². The van der Waals surface area contributed by atoms with Gasteiger partial charge in [-0.2, -0.15) is 0 Å². The first-order valence-electron chi connectivity index (χ1n) is 9.10. The van der Waals surface area contributed by atoms with Crippen LogP contribution < -0.4 is 5.56 Å². The van der Waals surface area contributed by atoms with E-state index in [1.54, 1.807) is 18.4 Å². The smallest absolute Gasteiger partial charge is 0.256 e. The molecule has 1 aromatic carbocycles. The molecule has 0 atom stereocenters. The highest BCUT2D eigenvalue weighted by molar-refractivity contribution is 5.83. The third-order valence-electron chi connectivity index (χ3n) is 5.28. The summed E-state index contributed by atoms with van der Waals surface area (Å²) in [5.41, 5.74) is 4.07. The van der Waals surface area contributed by atoms with Gasteiger partial charge in [0.15, 0.2) is 11.6 Å². The average molecular weight is 360 g/mol. The second kappa shape index (κ2) is 6.25. The third kappa shape index (κ3) is 2.78. The van der Waals surface area contributed by atoms with Crippen molar-refractivity contribution in [2.75, 3.05) is 6.54 Å². The van der Waals surface area contributed by atoms with Crippen molar-refractivity contribution in [3.8, 4) is 11.6 Å². The predicted octanol–water partition coefficient (Wildman–Crippen LogP) is 3.08. The van der Waals surface area contributed by atoms with Gasteiger partial charge in [-0.05, 0) is 23.8 Å². The quantitative estimate of drug-likeness (QED) is 0.610. The van der Waals surface area contributed by atoms with E-state index >= 15 is 0 Å². The number of furan rings is 1. The fourth-order valence-electron chi connectivity index (χ4n) is 3.94. The molecule has 1 aliphatic heterocycles. The molecular weight excluding hydrogens is 340 g/mol. The van der Waals surface area contributed by atoms with Crippen LogP contribution in [0.1, 0.15) is 16.8 Å². The first kappa shape index (κ1) is 16.1. The van der Waals surface area contributed by atoms with Crippen LogP contribution >= 0.6 is 0 Å². The van der Waals surface area contributed by atoms with Crippen molar-refractivity contribution in [2.45, 2.75) is 19.5 Å².